The Bertz CT molecular complexity index is 1050. The van der Waals surface area contributed by atoms with Gasteiger partial charge in [-0.05, 0) is 25.5 Å². The normalized spacial score (nSPS) is 11.1. The van der Waals surface area contributed by atoms with Crippen LogP contribution in [-0.4, -0.2) is 35.3 Å². The number of methoxy groups -OCH3 is 2. The molecule has 0 spiro atoms. The van der Waals surface area contributed by atoms with Gasteiger partial charge in [-0.3, -0.25) is 15.5 Å². The monoisotopic (exact) mass is 387 g/mol. The Hall–Kier alpha value is -3.27. The number of hydrogen-bond acceptors (Lipinski definition) is 9. The van der Waals surface area contributed by atoms with Gasteiger partial charge in [0.2, 0.25) is 0 Å². The highest BCUT2D eigenvalue weighted by molar-refractivity contribution is 7.18. The highest BCUT2D eigenvalue weighted by Crippen LogP contribution is 2.34. The van der Waals surface area contributed by atoms with Gasteiger partial charge in [0.15, 0.2) is 17.3 Å². The van der Waals surface area contributed by atoms with Crippen LogP contribution >= 0.6 is 11.3 Å². The average molecular weight is 387 g/mol. The van der Waals surface area contributed by atoms with Crippen LogP contribution in [0.2, 0.25) is 0 Å². The predicted octanol–water partition coefficient (Wildman–Crippen LogP) is 3.68. The van der Waals surface area contributed by atoms with Gasteiger partial charge in [0.25, 0.3) is 5.69 Å². The highest BCUT2D eigenvalue weighted by atomic mass is 32.1. The number of fused-ring (bicyclic) bond motifs is 1. The molecule has 0 atom stereocenters. The fourth-order valence-corrected chi connectivity index (χ4v) is 3.57. The molecule has 0 aliphatic heterocycles. The number of hydrazone groups is 1. The maximum Gasteiger partial charge on any atom is 0.282 e. The lowest BCUT2D eigenvalue weighted by atomic mass is 10.1. The van der Waals surface area contributed by atoms with Gasteiger partial charge in [0.05, 0.1) is 42.4 Å². The van der Waals surface area contributed by atoms with Gasteiger partial charge in [-0.25, -0.2) is 9.97 Å². The largest absolute Gasteiger partial charge is 0.493 e. The second-order valence-electron chi connectivity index (χ2n) is 5.58. The number of nitro benzene ring substituents is 1. The Labute approximate surface area is 158 Å². The lowest BCUT2D eigenvalue weighted by Gasteiger charge is -2.08. The van der Waals surface area contributed by atoms with Crippen molar-refractivity contribution in [2.24, 2.45) is 5.10 Å². The van der Waals surface area contributed by atoms with Crippen molar-refractivity contribution in [3.8, 4) is 11.5 Å². The zero-order valence-electron chi connectivity index (χ0n) is 15.1. The topological polar surface area (TPSA) is 112 Å². The molecule has 10 heteroatoms. The minimum absolute atomic E-state index is 0.145. The van der Waals surface area contributed by atoms with Crippen molar-refractivity contribution in [1.29, 1.82) is 0 Å². The Morgan fingerprint density at radius 1 is 1.22 bits per heavy atom. The van der Waals surface area contributed by atoms with Crippen molar-refractivity contribution < 1.29 is 14.4 Å². The average Bonchev–Trinajstić information content (AvgIpc) is 2.95. The summed E-state index contributed by atoms with van der Waals surface area (Å²) in [4.78, 5) is 21.3. The van der Waals surface area contributed by atoms with E-state index in [4.69, 9.17) is 9.47 Å². The molecule has 0 saturated heterocycles. The third-order valence-electron chi connectivity index (χ3n) is 4.07. The minimum atomic E-state index is -0.501. The fraction of sp³-hybridized carbons (Fsp3) is 0.235. The van der Waals surface area contributed by atoms with Crippen molar-refractivity contribution in [2.75, 3.05) is 19.6 Å². The molecular weight excluding hydrogens is 370 g/mol. The van der Waals surface area contributed by atoms with Crippen LogP contribution in [0.15, 0.2) is 23.6 Å². The number of nitrogens with one attached hydrogen (secondary N) is 1. The summed E-state index contributed by atoms with van der Waals surface area (Å²) in [5, 5.41) is 16.4. The summed E-state index contributed by atoms with van der Waals surface area (Å²) in [6.45, 7) is 4.01. The van der Waals surface area contributed by atoms with E-state index in [-0.39, 0.29) is 17.0 Å². The number of anilines is 1. The zero-order chi connectivity index (χ0) is 19.6. The van der Waals surface area contributed by atoms with Gasteiger partial charge in [-0.2, -0.15) is 5.10 Å². The molecule has 0 unspecified atom stereocenters. The van der Waals surface area contributed by atoms with Crippen molar-refractivity contribution in [3.63, 3.8) is 0 Å². The van der Waals surface area contributed by atoms with E-state index in [0.717, 1.165) is 20.7 Å². The van der Waals surface area contributed by atoms with Gasteiger partial charge in [-0.1, -0.05) is 0 Å². The van der Waals surface area contributed by atoms with Crippen LogP contribution in [0.1, 0.15) is 16.0 Å². The Kier molecular flexibility index (Phi) is 5.17. The van der Waals surface area contributed by atoms with Gasteiger partial charge in [0, 0.05) is 4.88 Å². The number of aryl methyl sites for hydroxylation is 2. The van der Waals surface area contributed by atoms with Crippen LogP contribution in [0, 0.1) is 24.0 Å². The van der Waals surface area contributed by atoms with Crippen LogP contribution in [0.25, 0.3) is 10.2 Å². The van der Waals surface area contributed by atoms with Gasteiger partial charge in [-0.15, -0.1) is 11.3 Å². The van der Waals surface area contributed by atoms with Gasteiger partial charge >= 0.3 is 0 Å². The van der Waals surface area contributed by atoms with Crippen LogP contribution < -0.4 is 14.9 Å². The van der Waals surface area contributed by atoms with Crippen LogP contribution in [-0.2, 0) is 0 Å². The number of nitro groups is 1. The second-order valence-corrected chi connectivity index (χ2v) is 6.78. The maximum absolute atomic E-state index is 11.4. The number of benzene rings is 1. The molecule has 0 bridgehead atoms. The molecule has 0 aliphatic rings. The summed E-state index contributed by atoms with van der Waals surface area (Å²) in [5.74, 6) is 1.19. The molecule has 1 aromatic carbocycles. The number of thiophene rings is 1. The Morgan fingerprint density at radius 2 is 1.93 bits per heavy atom. The SMILES string of the molecule is COc1cc(/C=N\Nc2ncnc3sc(C)c(C)c23)c([N+](=O)[O-])cc1OC. The summed E-state index contributed by atoms with van der Waals surface area (Å²) in [6.07, 6.45) is 2.80. The van der Waals surface area contributed by atoms with E-state index < -0.39 is 4.92 Å². The number of nitrogens with zero attached hydrogens (tertiary/aromatic N) is 4. The first-order chi connectivity index (χ1) is 13.0. The smallest absolute Gasteiger partial charge is 0.282 e. The molecule has 2 heterocycles. The molecule has 3 rings (SSSR count). The third kappa shape index (κ3) is 3.51. The number of hydrogen-bond donors (Lipinski definition) is 1. The van der Waals surface area contributed by atoms with Crippen molar-refractivity contribution in [1.82, 2.24) is 9.97 Å². The summed E-state index contributed by atoms with van der Waals surface area (Å²) < 4.78 is 10.3. The highest BCUT2D eigenvalue weighted by Gasteiger charge is 2.18. The molecule has 9 nitrogen and oxygen atoms in total. The lowest BCUT2D eigenvalue weighted by Crippen LogP contribution is -2.00. The first-order valence-corrected chi connectivity index (χ1v) is 8.68. The summed E-state index contributed by atoms with van der Waals surface area (Å²) in [5.41, 5.74) is 4.05. The quantitative estimate of drug-likeness (QED) is 0.390. The van der Waals surface area contributed by atoms with Gasteiger partial charge in [0.1, 0.15) is 11.2 Å². The minimum Gasteiger partial charge on any atom is -0.493 e. The molecule has 0 aliphatic carbocycles. The second kappa shape index (κ2) is 7.54. The Morgan fingerprint density at radius 3 is 2.59 bits per heavy atom. The molecule has 27 heavy (non-hydrogen) atoms. The predicted molar refractivity (Wildman–Crippen MR) is 104 cm³/mol. The first-order valence-electron chi connectivity index (χ1n) is 7.86. The van der Waals surface area contributed by atoms with Crippen molar-refractivity contribution >= 4 is 39.3 Å². The lowest BCUT2D eigenvalue weighted by molar-refractivity contribution is -0.385. The van der Waals surface area contributed by atoms with Crippen LogP contribution in [0.4, 0.5) is 11.5 Å². The molecule has 140 valence electrons. The molecule has 3 aromatic rings. The standard InChI is InChI=1S/C17H17N5O4S/c1-9-10(2)27-17-15(9)16(18-8-19-17)21-20-7-11-5-13(25-3)14(26-4)6-12(11)22(23)24/h5-8H,1-4H3,(H,18,19,21)/b20-7-. The van der Waals surface area contributed by atoms with Crippen molar-refractivity contribution in [2.45, 2.75) is 13.8 Å². The number of rotatable bonds is 6. The van der Waals surface area contributed by atoms with E-state index in [0.29, 0.717) is 11.6 Å². The first kappa shape index (κ1) is 18.5. The molecule has 1 N–H and O–H groups in total. The fourth-order valence-electron chi connectivity index (χ4n) is 2.58. The number of ether oxygens (including phenoxy) is 2. The third-order valence-corrected chi connectivity index (χ3v) is 5.18. The van der Waals surface area contributed by atoms with Crippen molar-refractivity contribution in [3.05, 3.63) is 44.6 Å². The Balaban J connectivity index is 1.96. The zero-order valence-corrected chi connectivity index (χ0v) is 16.0. The molecule has 0 amide bonds. The van der Waals surface area contributed by atoms with E-state index in [1.807, 2.05) is 13.8 Å². The number of aromatic nitrogens is 2. The summed E-state index contributed by atoms with van der Waals surface area (Å²) in [7, 11) is 2.88. The molecule has 0 fully saturated rings. The van der Waals surface area contributed by atoms with E-state index in [2.05, 4.69) is 20.5 Å². The van der Waals surface area contributed by atoms with E-state index in [1.54, 1.807) is 11.3 Å². The molecule has 2 aromatic heterocycles. The van der Waals surface area contributed by atoms with E-state index in [1.165, 1.54) is 38.9 Å². The molecular formula is C17H17N5O4S. The van der Waals surface area contributed by atoms with E-state index in [9.17, 15) is 10.1 Å². The molecule has 0 saturated carbocycles. The maximum atomic E-state index is 11.4. The van der Waals surface area contributed by atoms with E-state index >= 15 is 0 Å². The summed E-state index contributed by atoms with van der Waals surface area (Å²) >= 11 is 1.58. The molecule has 0 radical (unpaired) electrons. The summed E-state index contributed by atoms with van der Waals surface area (Å²) in [6, 6.07) is 2.80. The van der Waals surface area contributed by atoms with Crippen LogP contribution in [0.5, 0.6) is 11.5 Å². The van der Waals surface area contributed by atoms with Gasteiger partial charge < -0.3 is 9.47 Å². The van der Waals surface area contributed by atoms with Crippen LogP contribution in [0.3, 0.4) is 0 Å².